The smallest absolute Gasteiger partial charge is 0.246 e. The summed E-state index contributed by atoms with van der Waals surface area (Å²) in [6.45, 7) is 40.9. The van der Waals surface area contributed by atoms with E-state index in [2.05, 4.69) is 219 Å². The Kier molecular flexibility index (Phi) is 10.8. The third-order valence-corrected chi connectivity index (χ3v) is 15.8. The van der Waals surface area contributed by atoms with E-state index < -0.39 is 0 Å². The van der Waals surface area contributed by atoms with Gasteiger partial charge in [-0.15, -0.1) is 0 Å². The first kappa shape index (κ1) is 44.6. The van der Waals surface area contributed by atoms with Gasteiger partial charge in [0.25, 0.3) is 0 Å². The van der Waals surface area contributed by atoms with Crippen LogP contribution in [-0.4, -0.2) is 12.8 Å². The fraction of sp³-hybridized carbons (Fsp3) is 0.525. The van der Waals surface area contributed by atoms with Gasteiger partial charge >= 0.3 is 0 Å². The minimum atomic E-state index is -0.0527. The van der Waals surface area contributed by atoms with Gasteiger partial charge in [-0.05, 0) is 139 Å². The molecule has 0 spiro atoms. The number of hydrogen-bond donors (Lipinski definition) is 0. The lowest BCUT2D eigenvalue weighted by Gasteiger charge is -2.56. The summed E-state index contributed by atoms with van der Waals surface area (Å²) in [4.78, 5) is 5.64. The van der Waals surface area contributed by atoms with Crippen molar-refractivity contribution in [2.45, 2.75) is 178 Å². The molecule has 2 heterocycles. The van der Waals surface area contributed by atoms with Gasteiger partial charge in [0.15, 0.2) is 0 Å². The third-order valence-electron chi connectivity index (χ3n) is 15.8. The number of fused-ring (bicyclic) bond motifs is 4. The normalized spacial score (nSPS) is 22.3. The Morgan fingerprint density at radius 2 is 1.16 bits per heavy atom. The lowest BCUT2D eigenvalue weighted by molar-refractivity contribution is 0.269. The molecule has 8 rings (SSSR count). The number of benzene rings is 3. The number of hydrogen-bond acceptors (Lipinski definition) is 2. The summed E-state index contributed by atoms with van der Waals surface area (Å²) in [6, 6.07) is 27.3. The quantitative estimate of drug-likeness (QED) is 0.242. The van der Waals surface area contributed by atoms with Crippen LogP contribution < -0.4 is 15.3 Å². The standard InChI is InChI=1S/C59H79BN2/c1-54(2,3)38-18-20-41(21-19-38)59(16,17)44-36-51-53-52(37-44)62(46-30-24-40(25-31-46)56(7,8)9)50-33-27-43(58(13,14)15)35-48(50)60(53)47-34-42(57(10,11)12)26-32-49(47)61(51)45-28-22-39(23-29-45)55(4,5)6/h18-24,27-30,32-35,42,44,52H,25-26,31,36-37H2,1-17H3. The molecule has 3 heteroatoms. The van der Waals surface area contributed by atoms with E-state index in [1.807, 2.05) is 0 Å². The fourth-order valence-corrected chi connectivity index (χ4v) is 11.3. The molecule has 0 amide bonds. The molecule has 0 radical (unpaired) electrons. The summed E-state index contributed by atoms with van der Waals surface area (Å²) >= 11 is 0. The molecule has 0 N–H and O–H groups in total. The average molecular weight is 827 g/mol. The zero-order valence-corrected chi connectivity index (χ0v) is 41.9. The first-order valence-corrected chi connectivity index (χ1v) is 24.2. The van der Waals surface area contributed by atoms with Crippen LogP contribution in [0.2, 0.25) is 0 Å². The third kappa shape index (κ3) is 7.96. The molecule has 5 aliphatic rings. The highest BCUT2D eigenvalue weighted by Crippen LogP contribution is 2.55. The molecule has 62 heavy (non-hydrogen) atoms. The van der Waals surface area contributed by atoms with Crippen LogP contribution in [0.1, 0.15) is 172 Å². The molecule has 3 unspecified atom stereocenters. The zero-order chi connectivity index (χ0) is 45.1. The molecular weight excluding hydrogens is 747 g/mol. The monoisotopic (exact) mass is 827 g/mol. The van der Waals surface area contributed by atoms with Crippen LogP contribution in [0.25, 0.3) is 0 Å². The van der Waals surface area contributed by atoms with Gasteiger partial charge in [-0.2, -0.15) is 0 Å². The topological polar surface area (TPSA) is 6.48 Å². The number of allylic oxidation sites excluding steroid dienone is 8. The maximum atomic E-state index is 2.87. The van der Waals surface area contributed by atoms with Crippen molar-refractivity contribution in [1.82, 2.24) is 0 Å². The van der Waals surface area contributed by atoms with Crippen LogP contribution in [0.3, 0.4) is 0 Å². The van der Waals surface area contributed by atoms with Gasteiger partial charge in [-0.25, -0.2) is 0 Å². The zero-order valence-electron chi connectivity index (χ0n) is 41.9. The van der Waals surface area contributed by atoms with E-state index in [0.29, 0.717) is 11.8 Å². The van der Waals surface area contributed by atoms with Gasteiger partial charge in [0.2, 0.25) is 6.71 Å². The predicted molar refractivity (Wildman–Crippen MR) is 271 cm³/mol. The Hall–Kier alpha value is -3.98. The second-order valence-corrected chi connectivity index (χ2v) is 25.6. The van der Waals surface area contributed by atoms with E-state index in [4.69, 9.17) is 0 Å². The SMILES string of the molecule is CC(C)(C)C1=CC=C(N2c3ccc(C(C)(C)C)cc3B3C4=CC(C(C)(C)C)CC=C4N(c4ccc(C(C)(C)C)cc4)C4=C3C2CC(C(C)(C)c2ccc(C(C)(C)C)cc2)C4)CC1. The molecular formula is C59H79BN2. The lowest BCUT2D eigenvalue weighted by Crippen LogP contribution is -2.61. The molecule has 2 aliphatic heterocycles. The van der Waals surface area contributed by atoms with E-state index >= 15 is 0 Å². The van der Waals surface area contributed by atoms with Gasteiger partial charge in [-0.1, -0.05) is 190 Å². The summed E-state index contributed by atoms with van der Waals surface area (Å²) in [5.41, 5.74) is 19.5. The fourth-order valence-electron chi connectivity index (χ4n) is 11.3. The van der Waals surface area contributed by atoms with Crippen molar-refractivity contribution >= 4 is 23.6 Å². The Labute approximate surface area is 378 Å². The van der Waals surface area contributed by atoms with Crippen LogP contribution in [0.15, 0.2) is 125 Å². The molecule has 0 fully saturated rings. The molecule has 328 valence electrons. The molecule has 3 aromatic rings. The Bertz CT molecular complexity index is 2380. The van der Waals surface area contributed by atoms with Crippen molar-refractivity contribution in [3.05, 3.63) is 147 Å². The average Bonchev–Trinajstić information content (AvgIpc) is 3.18. The highest BCUT2D eigenvalue weighted by atomic mass is 15.2. The van der Waals surface area contributed by atoms with E-state index in [0.717, 1.165) is 32.1 Å². The van der Waals surface area contributed by atoms with Crippen LogP contribution in [0, 0.1) is 22.7 Å². The molecule has 3 aliphatic carbocycles. The number of nitrogens with zero attached hydrogens (tertiary/aromatic N) is 2. The second-order valence-electron chi connectivity index (χ2n) is 25.6. The Balaban J connectivity index is 1.42. The first-order chi connectivity index (χ1) is 28.7. The second kappa shape index (κ2) is 15.1. The molecule has 0 saturated heterocycles. The maximum Gasteiger partial charge on any atom is 0.246 e. The van der Waals surface area contributed by atoms with Crippen molar-refractivity contribution < 1.29 is 0 Å². The number of anilines is 2. The van der Waals surface area contributed by atoms with Crippen LogP contribution in [0.4, 0.5) is 11.4 Å². The van der Waals surface area contributed by atoms with Crippen LogP contribution in [-0.2, 0) is 21.7 Å². The minimum absolute atomic E-state index is 0.0374. The predicted octanol–water partition coefficient (Wildman–Crippen LogP) is 15.2. The summed E-state index contributed by atoms with van der Waals surface area (Å²) < 4.78 is 0. The van der Waals surface area contributed by atoms with Gasteiger partial charge in [0.05, 0.1) is 0 Å². The summed E-state index contributed by atoms with van der Waals surface area (Å²) in [5, 5.41) is 0. The highest BCUT2D eigenvalue weighted by Gasteiger charge is 2.54. The maximum absolute atomic E-state index is 2.87. The van der Waals surface area contributed by atoms with Gasteiger partial charge in [0, 0.05) is 34.5 Å². The van der Waals surface area contributed by atoms with E-state index in [1.165, 1.54) is 61.7 Å². The number of rotatable bonds is 4. The lowest BCUT2D eigenvalue weighted by atomic mass is 9.29. The largest absolute Gasteiger partial charge is 0.339 e. The van der Waals surface area contributed by atoms with Gasteiger partial charge in [0.1, 0.15) is 0 Å². The summed E-state index contributed by atoms with van der Waals surface area (Å²) in [7, 11) is 0. The minimum Gasteiger partial charge on any atom is -0.339 e. The van der Waals surface area contributed by atoms with E-state index in [1.54, 1.807) is 11.0 Å². The van der Waals surface area contributed by atoms with Crippen molar-refractivity contribution in [2.24, 2.45) is 22.7 Å². The first-order valence-electron chi connectivity index (χ1n) is 24.2. The molecule has 0 saturated carbocycles. The Morgan fingerprint density at radius 1 is 0.597 bits per heavy atom. The van der Waals surface area contributed by atoms with E-state index in [-0.39, 0.29) is 45.2 Å². The molecule has 2 nitrogen and oxygen atoms in total. The van der Waals surface area contributed by atoms with Crippen LogP contribution >= 0.6 is 0 Å². The summed E-state index contributed by atoms with van der Waals surface area (Å²) in [6.07, 6.45) is 15.8. The summed E-state index contributed by atoms with van der Waals surface area (Å²) in [5.74, 6) is 0.885. The van der Waals surface area contributed by atoms with Crippen LogP contribution in [0.5, 0.6) is 0 Å². The van der Waals surface area contributed by atoms with Crippen molar-refractivity contribution in [3.63, 3.8) is 0 Å². The molecule has 3 atom stereocenters. The Morgan fingerprint density at radius 3 is 1.69 bits per heavy atom. The van der Waals surface area contributed by atoms with E-state index in [9.17, 15) is 0 Å². The molecule has 0 bridgehead atoms. The molecule has 0 aromatic heterocycles. The van der Waals surface area contributed by atoms with Crippen molar-refractivity contribution in [3.8, 4) is 0 Å². The van der Waals surface area contributed by atoms with Gasteiger partial charge < -0.3 is 9.80 Å². The molecule has 3 aromatic carbocycles. The van der Waals surface area contributed by atoms with Crippen molar-refractivity contribution in [1.29, 1.82) is 0 Å². The van der Waals surface area contributed by atoms with Gasteiger partial charge in [-0.3, -0.25) is 0 Å². The highest BCUT2D eigenvalue weighted by molar-refractivity contribution is 6.89. The van der Waals surface area contributed by atoms with Crippen molar-refractivity contribution in [2.75, 3.05) is 9.80 Å².